The maximum absolute atomic E-state index is 8.62. The van der Waals surface area contributed by atoms with E-state index in [2.05, 4.69) is 29.0 Å². The summed E-state index contributed by atoms with van der Waals surface area (Å²) in [5.41, 5.74) is 7.14. The van der Waals surface area contributed by atoms with Crippen molar-refractivity contribution in [2.24, 2.45) is 10.9 Å². The number of pyridine rings is 1. The van der Waals surface area contributed by atoms with E-state index in [1.54, 1.807) is 6.20 Å². The Labute approximate surface area is 108 Å². The quantitative estimate of drug-likeness (QED) is 0.254. The van der Waals surface area contributed by atoms with Gasteiger partial charge in [0.1, 0.15) is 5.69 Å². The molecule has 0 aliphatic heterocycles. The summed E-state index contributed by atoms with van der Waals surface area (Å²) in [7, 11) is 2.10. The van der Waals surface area contributed by atoms with Gasteiger partial charge in [0.25, 0.3) is 0 Å². The highest BCUT2D eigenvalue weighted by Crippen LogP contribution is 2.06. The van der Waals surface area contributed by atoms with Gasteiger partial charge in [0, 0.05) is 12.7 Å². The molecule has 0 unspecified atom stereocenters. The average Bonchev–Trinajstić information content (AvgIpc) is 2.38. The minimum Gasteiger partial charge on any atom is -0.409 e. The zero-order valence-electron chi connectivity index (χ0n) is 11.1. The fraction of sp³-hybridized carbons (Fsp3) is 0.538. The lowest BCUT2D eigenvalue weighted by Crippen LogP contribution is -2.20. The molecule has 0 aliphatic rings. The van der Waals surface area contributed by atoms with Crippen molar-refractivity contribution in [2.45, 2.75) is 32.7 Å². The number of hydrogen-bond acceptors (Lipinski definition) is 4. The molecule has 3 N–H and O–H groups in total. The van der Waals surface area contributed by atoms with Crippen LogP contribution in [0.2, 0.25) is 0 Å². The predicted octanol–water partition coefficient (Wildman–Crippen LogP) is 1.80. The van der Waals surface area contributed by atoms with E-state index in [4.69, 9.17) is 10.9 Å². The fourth-order valence-corrected chi connectivity index (χ4v) is 1.79. The Morgan fingerprint density at radius 1 is 1.50 bits per heavy atom. The van der Waals surface area contributed by atoms with Crippen LogP contribution in [0.25, 0.3) is 0 Å². The van der Waals surface area contributed by atoms with Crippen molar-refractivity contribution in [3.8, 4) is 0 Å². The minimum absolute atomic E-state index is 0.0467. The monoisotopic (exact) mass is 250 g/mol. The third kappa shape index (κ3) is 4.71. The summed E-state index contributed by atoms with van der Waals surface area (Å²) in [5, 5.41) is 11.6. The van der Waals surface area contributed by atoms with Crippen LogP contribution in [-0.4, -0.2) is 34.5 Å². The molecule has 18 heavy (non-hydrogen) atoms. The van der Waals surface area contributed by atoms with Crippen LogP contribution >= 0.6 is 0 Å². The van der Waals surface area contributed by atoms with Crippen molar-refractivity contribution in [3.05, 3.63) is 29.6 Å². The van der Waals surface area contributed by atoms with Gasteiger partial charge < -0.3 is 15.8 Å². The first kappa shape index (κ1) is 14.4. The lowest BCUT2D eigenvalue weighted by atomic mass is 10.2. The normalized spacial score (nSPS) is 12.1. The molecule has 100 valence electrons. The fourth-order valence-electron chi connectivity index (χ4n) is 1.79. The highest BCUT2D eigenvalue weighted by molar-refractivity contribution is 5.95. The molecule has 0 amide bonds. The molecule has 0 saturated carbocycles. The number of oxime groups is 1. The molecular formula is C13H22N4O. The molecule has 0 radical (unpaired) electrons. The molecule has 1 aromatic heterocycles. The van der Waals surface area contributed by atoms with E-state index in [-0.39, 0.29) is 5.84 Å². The van der Waals surface area contributed by atoms with Gasteiger partial charge in [-0.1, -0.05) is 24.9 Å². The summed E-state index contributed by atoms with van der Waals surface area (Å²) in [6, 6.07) is 3.80. The van der Waals surface area contributed by atoms with Crippen LogP contribution in [0.15, 0.2) is 23.5 Å². The molecule has 1 heterocycles. The number of nitrogens with zero attached hydrogens (tertiary/aromatic N) is 3. The van der Waals surface area contributed by atoms with E-state index in [9.17, 15) is 0 Å². The molecule has 0 fully saturated rings. The summed E-state index contributed by atoms with van der Waals surface area (Å²) >= 11 is 0. The van der Waals surface area contributed by atoms with Gasteiger partial charge in [0.15, 0.2) is 5.84 Å². The van der Waals surface area contributed by atoms with Gasteiger partial charge in [-0.3, -0.25) is 4.98 Å². The maximum Gasteiger partial charge on any atom is 0.188 e. The Morgan fingerprint density at radius 3 is 2.94 bits per heavy atom. The molecular weight excluding hydrogens is 228 g/mol. The summed E-state index contributed by atoms with van der Waals surface area (Å²) in [4.78, 5) is 6.32. The molecule has 5 heteroatoms. The SMILES string of the molecule is CCCCCN(C)Cc1ccnc(C(N)=NO)c1. The first-order valence-electron chi connectivity index (χ1n) is 6.28. The Hall–Kier alpha value is -1.62. The van der Waals surface area contributed by atoms with Crippen LogP contribution in [0.5, 0.6) is 0 Å². The van der Waals surface area contributed by atoms with Crippen LogP contribution in [0, 0.1) is 0 Å². The number of aromatic nitrogens is 1. The molecule has 5 nitrogen and oxygen atoms in total. The molecule has 1 rings (SSSR count). The van der Waals surface area contributed by atoms with Crippen molar-refractivity contribution >= 4 is 5.84 Å². The second kappa shape index (κ2) is 7.66. The smallest absolute Gasteiger partial charge is 0.188 e. The van der Waals surface area contributed by atoms with Crippen LogP contribution in [0.4, 0.5) is 0 Å². The van der Waals surface area contributed by atoms with E-state index in [0.29, 0.717) is 5.69 Å². The molecule has 0 spiro atoms. The molecule has 0 aromatic carbocycles. The maximum atomic E-state index is 8.62. The van der Waals surface area contributed by atoms with E-state index in [1.807, 2.05) is 12.1 Å². The van der Waals surface area contributed by atoms with Crippen molar-refractivity contribution in [1.82, 2.24) is 9.88 Å². The highest BCUT2D eigenvalue weighted by atomic mass is 16.4. The third-order valence-corrected chi connectivity index (χ3v) is 2.79. The molecule has 0 atom stereocenters. The molecule has 1 aromatic rings. The van der Waals surface area contributed by atoms with Crippen LogP contribution < -0.4 is 5.73 Å². The highest BCUT2D eigenvalue weighted by Gasteiger charge is 2.04. The van der Waals surface area contributed by atoms with E-state index >= 15 is 0 Å². The van der Waals surface area contributed by atoms with E-state index in [0.717, 1.165) is 18.7 Å². The Morgan fingerprint density at radius 2 is 2.28 bits per heavy atom. The van der Waals surface area contributed by atoms with E-state index < -0.39 is 0 Å². The lowest BCUT2D eigenvalue weighted by Gasteiger charge is -2.16. The number of nitrogens with two attached hydrogens (primary N) is 1. The standard InChI is InChI=1S/C13H22N4O/c1-3-4-5-8-17(2)10-11-6-7-15-12(9-11)13(14)16-18/h6-7,9,18H,3-5,8,10H2,1-2H3,(H2,14,16). The topological polar surface area (TPSA) is 74.7 Å². The summed E-state index contributed by atoms with van der Waals surface area (Å²) in [6.45, 7) is 4.12. The van der Waals surface area contributed by atoms with Gasteiger partial charge in [-0.25, -0.2) is 0 Å². The largest absolute Gasteiger partial charge is 0.409 e. The second-order valence-electron chi connectivity index (χ2n) is 4.48. The summed E-state index contributed by atoms with van der Waals surface area (Å²) in [6.07, 6.45) is 5.39. The average molecular weight is 250 g/mol. The predicted molar refractivity (Wildman–Crippen MR) is 72.6 cm³/mol. The lowest BCUT2D eigenvalue weighted by molar-refractivity contribution is 0.317. The van der Waals surface area contributed by atoms with Crippen molar-refractivity contribution in [1.29, 1.82) is 0 Å². The second-order valence-corrected chi connectivity index (χ2v) is 4.48. The zero-order valence-corrected chi connectivity index (χ0v) is 11.1. The number of hydrogen-bond donors (Lipinski definition) is 2. The van der Waals surface area contributed by atoms with Gasteiger partial charge in [0.05, 0.1) is 0 Å². The first-order chi connectivity index (χ1) is 8.67. The summed E-state index contributed by atoms with van der Waals surface area (Å²) < 4.78 is 0. The summed E-state index contributed by atoms with van der Waals surface area (Å²) in [5.74, 6) is 0.0467. The number of amidine groups is 1. The molecule has 0 saturated heterocycles. The number of unbranched alkanes of at least 4 members (excludes halogenated alkanes) is 2. The van der Waals surface area contributed by atoms with Crippen LogP contribution in [-0.2, 0) is 6.54 Å². The van der Waals surface area contributed by atoms with Crippen molar-refractivity contribution in [2.75, 3.05) is 13.6 Å². The number of rotatable bonds is 7. The van der Waals surface area contributed by atoms with Gasteiger partial charge in [-0.15, -0.1) is 0 Å². The Kier molecular flexibility index (Phi) is 6.14. The Balaban J connectivity index is 2.56. The molecule has 0 bridgehead atoms. The zero-order chi connectivity index (χ0) is 13.4. The third-order valence-electron chi connectivity index (χ3n) is 2.79. The van der Waals surface area contributed by atoms with Crippen LogP contribution in [0.3, 0.4) is 0 Å². The minimum atomic E-state index is 0.0467. The first-order valence-corrected chi connectivity index (χ1v) is 6.28. The molecule has 0 aliphatic carbocycles. The van der Waals surface area contributed by atoms with E-state index in [1.165, 1.54) is 19.3 Å². The Bertz CT molecular complexity index is 392. The van der Waals surface area contributed by atoms with Gasteiger partial charge >= 0.3 is 0 Å². The van der Waals surface area contributed by atoms with Crippen molar-refractivity contribution < 1.29 is 5.21 Å². The van der Waals surface area contributed by atoms with Gasteiger partial charge in [0.2, 0.25) is 0 Å². The van der Waals surface area contributed by atoms with Crippen molar-refractivity contribution in [3.63, 3.8) is 0 Å². The van der Waals surface area contributed by atoms with Gasteiger partial charge in [-0.05, 0) is 37.7 Å². The van der Waals surface area contributed by atoms with Crippen LogP contribution in [0.1, 0.15) is 37.4 Å². The van der Waals surface area contributed by atoms with Gasteiger partial charge in [-0.2, -0.15) is 0 Å².